The van der Waals surface area contributed by atoms with E-state index in [0.717, 1.165) is 22.4 Å². The van der Waals surface area contributed by atoms with E-state index in [1.54, 1.807) is 4.90 Å². The van der Waals surface area contributed by atoms with Gasteiger partial charge in [-0.25, -0.2) is 19.2 Å². The lowest BCUT2D eigenvalue weighted by Gasteiger charge is -2.27. The Labute approximate surface area is 316 Å². The molecule has 3 unspecified atom stereocenters. The Kier molecular flexibility index (Phi) is 17.2. The summed E-state index contributed by atoms with van der Waals surface area (Å²) in [5.41, 5.74) is 3.63. The highest BCUT2D eigenvalue weighted by molar-refractivity contribution is 7.50. The van der Waals surface area contributed by atoms with E-state index < -0.39 is 87.4 Å². The molecule has 1 heterocycles. The lowest BCUT2D eigenvalue weighted by Crippen LogP contribution is -2.44. The zero-order chi connectivity index (χ0) is 40.5. The van der Waals surface area contributed by atoms with E-state index in [4.69, 9.17) is 14.7 Å². The van der Waals surface area contributed by atoms with Gasteiger partial charge in [-0.05, 0) is 61.3 Å². The number of nitrogens with zero attached hydrogens (tertiary/aromatic N) is 1. The second-order valence-electron chi connectivity index (χ2n) is 12.7. The molecule has 1 aliphatic rings. The first kappa shape index (κ1) is 44.0. The molecule has 0 aliphatic carbocycles. The molecule has 19 heteroatoms. The van der Waals surface area contributed by atoms with E-state index >= 15 is 0 Å². The molecule has 18 nitrogen and oxygen atoms in total. The van der Waals surface area contributed by atoms with Gasteiger partial charge in [0, 0.05) is 25.7 Å². The predicted molar refractivity (Wildman–Crippen MR) is 196 cm³/mol. The molecule has 0 radical (unpaired) electrons. The fourth-order valence-electron chi connectivity index (χ4n) is 5.61. The van der Waals surface area contributed by atoms with Crippen LogP contribution in [0.25, 0.3) is 12.2 Å². The summed E-state index contributed by atoms with van der Waals surface area (Å²) in [6.45, 7) is -0.169. The number of unbranched alkanes of at least 4 members (excludes halogenated alkanes) is 1. The molecule has 3 amide bonds. The Hall–Kier alpha value is -5.42. The highest BCUT2D eigenvalue weighted by Crippen LogP contribution is 2.38. The summed E-state index contributed by atoms with van der Waals surface area (Å²) in [5, 5.41) is 43.4. The van der Waals surface area contributed by atoms with Crippen molar-refractivity contribution in [2.45, 2.75) is 88.9 Å². The number of nitrogens with one attached hydrogen (secondary N) is 3. The largest absolute Gasteiger partial charge is 0.481 e. The highest BCUT2D eigenvalue weighted by Gasteiger charge is 2.30. The monoisotopic (exact) mass is 788 g/mol. The molecule has 0 saturated carbocycles. The van der Waals surface area contributed by atoms with Crippen molar-refractivity contribution in [3.63, 3.8) is 0 Å². The third-order valence-corrected chi connectivity index (χ3v) is 9.66. The number of carboxylic acids is 4. The number of hydrogen-bond acceptors (Lipinski definition) is 9. The second-order valence-corrected chi connectivity index (χ2v) is 14.2. The van der Waals surface area contributed by atoms with Gasteiger partial charge in [0.25, 0.3) is 0 Å². The maximum atomic E-state index is 13.4. The van der Waals surface area contributed by atoms with Crippen LogP contribution >= 0.6 is 7.75 Å². The maximum absolute atomic E-state index is 13.4. The Balaban J connectivity index is 1.42. The van der Waals surface area contributed by atoms with Crippen molar-refractivity contribution >= 4 is 67.2 Å². The third kappa shape index (κ3) is 15.1. The van der Waals surface area contributed by atoms with Gasteiger partial charge in [-0.2, -0.15) is 0 Å². The van der Waals surface area contributed by atoms with Crippen molar-refractivity contribution in [2.75, 3.05) is 11.5 Å². The average molecular weight is 789 g/mol. The number of carbonyl (C=O) groups excluding carboxylic acids is 3. The molecule has 2 aromatic rings. The molecular formula is C36H45N4O14P. The maximum Gasteiger partial charge on any atom is 0.403 e. The molecule has 3 rings (SSSR count). The summed E-state index contributed by atoms with van der Waals surface area (Å²) < 4.78 is 17.0. The van der Waals surface area contributed by atoms with Gasteiger partial charge in [0.15, 0.2) is 0 Å². The minimum absolute atomic E-state index is 0.0792. The van der Waals surface area contributed by atoms with Crippen molar-refractivity contribution in [2.24, 2.45) is 0 Å². The number of amides is 3. The van der Waals surface area contributed by atoms with Crippen molar-refractivity contribution in [1.82, 2.24) is 15.7 Å². The van der Waals surface area contributed by atoms with Crippen molar-refractivity contribution < 1.29 is 68.0 Å². The lowest BCUT2D eigenvalue weighted by molar-refractivity contribution is -0.143. The molecule has 4 atom stereocenters. The van der Waals surface area contributed by atoms with Crippen LogP contribution in [-0.2, 0) is 49.2 Å². The zero-order valence-corrected chi connectivity index (χ0v) is 30.7. The van der Waals surface area contributed by atoms with Crippen LogP contribution in [0.15, 0.2) is 48.5 Å². The van der Waals surface area contributed by atoms with Crippen LogP contribution in [0.2, 0.25) is 0 Å². The van der Waals surface area contributed by atoms with Gasteiger partial charge in [-0.1, -0.05) is 54.6 Å². The molecular weight excluding hydrogens is 743 g/mol. The first-order valence-corrected chi connectivity index (χ1v) is 19.0. The van der Waals surface area contributed by atoms with Crippen molar-refractivity contribution in [1.29, 1.82) is 0 Å². The average Bonchev–Trinajstić information content (AvgIpc) is 3.12. The SMILES string of the molecule is O=C(O)CCC(NP(=O)(O)OCCCC(NC(=O)CC[C@@H](NC(=O)CCCCC(=O)N1Cc2ccccc2/C=C\c2ccccc21)C(=O)O)C(=O)O)C(=O)O. The van der Waals surface area contributed by atoms with E-state index in [1.807, 2.05) is 65.8 Å². The van der Waals surface area contributed by atoms with Crippen LogP contribution in [-0.4, -0.2) is 91.7 Å². The topological polar surface area (TPSA) is 286 Å². The van der Waals surface area contributed by atoms with E-state index in [9.17, 15) is 53.2 Å². The Morgan fingerprint density at radius 3 is 1.87 bits per heavy atom. The standard InChI is InChI=1S/C36H45N4O14P/c41-30(13-5-6-14-32(43)40-22-25-10-2-1-8-23(25)15-16-24-9-3-4-12-29(24)40)38-27(35(48)49)17-19-31(42)37-26(34(46)47)11-7-21-54-55(52,53)39-28(36(50)51)18-20-33(44)45/h1-4,8-10,12,15-16,26-28H,5-7,11,13-14,17-22H2,(H,37,42)(H,38,41)(H,44,45)(H,46,47)(H,48,49)(H,50,51)(H2,39,52,53)/b16-15-/t26?,27-,28?/m1/s1. The van der Waals surface area contributed by atoms with Gasteiger partial charge in [0.1, 0.15) is 18.1 Å². The van der Waals surface area contributed by atoms with Crippen LogP contribution in [0.4, 0.5) is 5.69 Å². The first-order valence-electron chi connectivity index (χ1n) is 17.5. The fourth-order valence-corrected chi connectivity index (χ4v) is 6.70. The predicted octanol–water partition coefficient (Wildman–Crippen LogP) is 2.99. The molecule has 55 heavy (non-hydrogen) atoms. The minimum atomic E-state index is -4.73. The Morgan fingerprint density at radius 1 is 0.673 bits per heavy atom. The molecule has 298 valence electrons. The summed E-state index contributed by atoms with van der Waals surface area (Å²) in [6, 6.07) is 10.6. The van der Waals surface area contributed by atoms with Gasteiger partial charge >= 0.3 is 31.6 Å². The van der Waals surface area contributed by atoms with E-state index in [-0.39, 0.29) is 44.4 Å². The van der Waals surface area contributed by atoms with Crippen molar-refractivity contribution in [3.8, 4) is 0 Å². The summed E-state index contributed by atoms with van der Waals surface area (Å²) in [7, 11) is -4.73. The Morgan fingerprint density at radius 2 is 1.22 bits per heavy atom. The minimum Gasteiger partial charge on any atom is -0.481 e. The van der Waals surface area contributed by atoms with Gasteiger partial charge < -0.3 is 40.9 Å². The smallest absolute Gasteiger partial charge is 0.403 e. The van der Waals surface area contributed by atoms with Crippen LogP contribution in [0, 0.1) is 0 Å². The number of anilines is 1. The van der Waals surface area contributed by atoms with E-state index in [0.29, 0.717) is 13.0 Å². The number of carboxylic acid groups (broad SMARTS) is 4. The molecule has 0 saturated heterocycles. The van der Waals surface area contributed by atoms with Crippen molar-refractivity contribution in [3.05, 3.63) is 65.2 Å². The zero-order valence-electron chi connectivity index (χ0n) is 29.8. The Bertz CT molecular complexity index is 1800. The highest BCUT2D eigenvalue weighted by atomic mass is 31.2. The quantitative estimate of drug-likeness (QED) is 0.0593. The van der Waals surface area contributed by atoms with Gasteiger partial charge in [0.05, 0.1) is 18.8 Å². The van der Waals surface area contributed by atoms with Gasteiger partial charge in [-0.3, -0.25) is 28.5 Å². The lowest BCUT2D eigenvalue weighted by atomic mass is 10.0. The van der Waals surface area contributed by atoms with E-state index in [2.05, 4.69) is 10.6 Å². The first-order chi connectivity index (χ1) is 26.1. The number of fused-ring (bicyclic) bond motifs is 2. The summed E-state index contributed by atoms with van der Waals surface area (Å²) in [6.07, 6.45) is 2.25. The normalized spacial score (nSPS) is 15.3. The van der Waals surface area contributed by atoms with Crippen LogP contribution in [0.1, 0.15) is 80.9 Å². The van der Waals surface area contributed by atoms with Gasteiger partial charge in [0.2, 0.25) is 17.7 Å². The molecule has 8 N–H and O–H groups in total. The summed E-state index contributed by atoms with van der Waals surface area (Å²) in [4.78, 5) is 95.6. The molecule has 0 bridgehead atoms. The van der Waals surface area contributed by atoms with E-state index in [1.165, 1.54) is 0 Å². The molecule has 0 aromatic heterocycles. The number of aliphatic carboxylic acids is 4. The van der Waals surface area contributed by atoms with Gasteiger partial charge in [-0.15, -0.1) is 0 Å². The molecule has 0 spiro atoms. The number of benzene rings is 2. The number of rotatable bonds is 23. The number of hydrogen-bond donors (Lipinski definition) is 8. The molecule has 2 aromatic carbocycles. The van der Waals surface area contributed by atoms with Crippen LogP contribution in [0.3, 0.4) is 0 Å². The summed E-state index contributed by atoms with van der Waals surface area (Å²) >= 11 is 0. The number of para-hydroxylation sites is 1. The van der Waals surface area contributed by atoms with Crippen LogP contribution < -0.4 is 20.6 Å². The number of carbonyl (C=O) groups is 7. The third-order valence-electron chi connectivity index (χ3n) is 8.49. The fraction of sp³-hybridized carbons (Fsp3) is 0.417. The molecule has 0 fully saturated rings. The second kappa shape index (κ2) is 21.5. The molecule has 1 aliphatic heterocycles. The summed E-state index contributed by atoms with van der Waals surface area (Å²) in [5.74, 6) is -7.36. The van der Waals surface area contributed by atoms with Crippen LogP contribution in [0.5, 0.6) is 0 Å².